The van der Waals surface area contributed by atoms with Gasteiger partial charge in [0, 0.05) is 12.2 Å². The second-order valence-electron chi connectivity index (χ2n) is 4.28. The van der Waals surface area contributed by atoms with Crippen molar-refractivity contribution in [2.75, 3.05) is 27.4 Å². The number of hydrogen-bond donors (Lipinski definition) is 2. The van der Waals surface area contributed by atoms with Crippen molar-refractivity contribution in [1.29, 1.82) is 0 Å². The summed E-state index contributed by atoms with van der Waals surface area (Å²) in [7, 11) is 3.02. The Balaban J connectivity index is 2.70. The first-order valence-corrected chi connectivity index (χ1v) is 6.23. The van der Waals surface area contributed by atoms with E-state index in [4.69, 9.17) is 15.3 Å². The standard InChI is InChI=1S/C13H19F3N2O3/c1-19-9-3-4-12(20-2)10(7-9)11(18-17)5-6-21-8-13(14,15)16/h3-4,7,11,18H,5-6,8,17H2,1-2H3. The molecular formula is C13H19F3N2O3. The Morgan fingerprint density at radius 2 is 1.95 bits per heavy atom. The highest BCUT2D eigenvalue weighted by Crippen LogP contribution is 2.30. The Morgan fingerprint density at radius 3 is 2.48 bits per heavy atom. The number of nitrogens with two attached hydrogens (primary N) is 1. The maximum atomic E-state index is 12.0. The maximum Gasteiger partial charge on any atom is 0.411 e. The summed E-state index contributed by atoms with van der Waals surface area (Å²) in [6.45, 7) is -1.37. The van der Waals surface area contributed by atoms with Crippen LogP contribution in [0.1, 0.15) is 18.0 Å². The van der Waals surface area contributed by atoms with Crippen molar-refractivity contribution in [3.8, 4) is 11.5 Å². The van der Waals surface area contributed by atoms with Gasteiger partial charge in [-0.2, -0.15) is 13.2 Å². The summed E-state index contributed by atoms with van der Waals surface area (Å²) >= 11 is 0. The molecule has 0 aliphatic rings. The first-order chi connectivity index (χ1) is 9.91. The van der Waals surface area contributed by atoms with Crippen LogP contribution < -0.4 is 20.7 Å². The molecule has 0 spiro atoms. The number of halogens is 3. The van der Waals surface area contributed by atoms with Crippen molar-refractivity contribution in [2.45, 2.75) is 18.6 Å². The third-order valence-electron chi connectivity index (χ3n) is 2.83. The first-order valence-electron chi connectivity index (χ1n) is 6.23. The van der Waals surface area contributed by atoms with Gasteiger partial charge in [0.05, 0.1) is 20.3 Å². The maximum absolute atomic E-state index is 12.0. The molecule has 8 heteroatoms. The van der Waals surface area contributed by atoms with Crippen LogP contribution in [0.5, 0.6) is 11.5 Å². The monoisotopic (exact) mass is 308 g/mol. The van der Waals surface area contributed by atoms with E-state index in [1.54, 1.807) is 18.2 Å². The summed E-state index contributed by atoms with van der Waals surface area (Å²) in [4.78, 5) is 0. The van der Waals surface area contributed by atoms with Gasteiger partial charge in [-0.3, -0.25) is 11.3 Å². The average Bonchev–Trinajstić information content (AvgIpc) is 2.45. The fourth-order valence-electron chi connectivity index (χ4n) is 1.83. The fraction of sp³-hybridized carbons (Fsp3) is 0.538. The number of hydrazine groups is 1. The SMILES string of the molecule is COc1ccc(OC)c(C(CCOCC(F)(F)F)NN)c1. The van der Waals surface area contributed by atoms with E-state index in [0.29, 0.717) is 17.1 Å². The van der Waals surface area contributed by atoms with Gasteiger partial charge in [-0.15, -0.1) is 0 Å². The molecule has 0 aliphatic carbocycles. The van der Waals surface area contributed by atoms with Crippen LogP contribution >= 0.6 is 0 Å². The molecule has 5 nitrogen and oxygen atoms in total. The summed E-state index contributed by atoms with van der Waals surface area (Å²) < 4.78 is 50.9. The minimum Gasteiger partial charge on any atom is -0.497 e. The molecule has 0 amide bonds. The quantitative estimate of drug-likeness (QED) is 0.438. The number of benzene rings is 1. The number of ether oxygens (including phenoxy) is 3. The highest BCUT2D eigenvalue weighted by molar-refractivity contribution is 5.42. The van der Waals surface area contributed by atoms with Crippen molar-refractivity contribution in [3.05, 3.63) is 23.8 Å². The Labute approximate surface area is 121 Å². The summed E-state index contributed by atoms with van der Waals surface area (Å²) in [5.74, 6) is 6.63. The molecule has 1 unspecified atom stereocenters. The van der Waals surface area contributed by atoms with E-state index in [9.17, 15) is 13.2 Å². The van der Waals surface area contributed by atoms with E-state index in [0.717, 1.165) is 0 Å². The zero-order valence-corrected chi connectivity index (χ0v) is 11.9. The van der Waals surface area contributed by atoms with Crippen LogP contribution in [0.15, 0.2) is 18.2 Å². The van der Waals surface area contributed by atoms with Crippen LogP contribution in [0.4, 0.5) is 13.2 Å². The molecule has 21 heavy (non-hydrogen) atoms. The molecular weight excluding hydrogens is 289 g/mol. The van der Waals surface area contributed by atoms with E-state index in [1.807, 2.05) is 0 Å². The van der Waals surface area contributed by atoms with Gasteiger partial charge in [-0.25, -0.2) is 0 Å². The largest absolute Gasteiger partial charge is 0.497 e. The van der Waals surface area contributed by atoms with Gasteiger partial charge in [0.15, 0.2) is 0 Å². The molecule has 0 saturated carbocycles. The normalized spacial score (nSPS) is 13.0. The topological polar surface area (TPSA) is 65.7 Å². The third kappa shape index (κ3) is 5.78. The predicted octanol–water partition coefficient (Wildman–Crippen LogP) is 2.18. The summed E-state index contributed by atoms with van der Waals surface area (Å²) in [5.41, 5.74) is 3.23. The fourth-order valence-corrected chi connectivity index (χ4v) is 1.83. The minimum atomic E-state index is -4.33. The first kappa shape index (κ1) is 17.5. The van der Waals surface area contributed by atoms with E-state index in [1.165, 1.54) is 14.2 Å². The van der Waals surface area contributed by atoms with Crippen molar-refractivity contribution >= 4 is 0 Å². The minimum absolute atomic E-state index is 0.0886. The Hall–Kier alpha value is -1.51. The highest BCUT2D eigenvalue weighted by Gasteiger charge is 2.27. The number of alkyl halides is 3. The van der Waals surface area contributed by atoms with Gasteiger partial charge < -0.3 is 14.2 Å². The van der Waals surface area contributed by atoms with Gasteiger partial charge >= 0.3 is 6.18 Å². The number of hydrogen-bond acceptors (Lipinski definition) is 5. The molecule has 1 aromatic rings. The number of methoxy groups -OCH3 is 2. The molecule has 0 radical (unpaired) electrons. The molecule has 1 rings (SSSR count). The molecule has 0 aliphatic heterocycles. The van der Waals surface area contributed by atoms with Gasteiger partial charge in [0.1, 0.15) is 18.1 Å². The van der Waals surface area contributed by atoms with Gasteiger partial charge in [-0.05, 0) is 24.6 Å². The molecule has 0 saturated heterocycles. The van der Waals surface area contributed by atoms with E-state index in [2.05, 4.69) is 10.2 Å². The predicted molar refractivity (Wildman–Crippen MR) is 71.1 cm³/mol. The number of nitrogens with one attached hydrogen (secondary N) is 1. The molecule has 0 aromatic heterocycles. The Bertz CT molecular complexity index is 441. The van der Waals surface area contributed by atoms with Crippen molar-refractivity contribution in [3.63, 3.8) is 0 Å². The van der Waals surface area contributed by atoms with Gasteiger partial charge in [0.25, 0.3) is 0 Å². The van der Waals surface area contributed by atoms with Crippen LogP contribution in [-0.2, 0) is 4.74 Å². The Morgan fingerprint density at radius 1 is 1.24 bits per heavy atom. The van der Waals surface area contributed by atoms with Crippen LogP contribution in [0.2, 0.25) is 0 Å². The molecule has 1 atom stereocenters. The van der Waals surface area contributed by atoms with E-state index >= 15 is 0 Å². The molecule has 3 N–H and O–H groups in total. The molecule has 120 valence electrons. The van der Waals surface area contributed by atoms with Crippen molar-refractivity contribution < 1.29 is 27.4 Å². The highest BCUT2D eigenvalue weighted by atomic mass is 19.4. The average molecular weight is 308 g/mol. The lowest BCUT2D eigenvalue weighted by Gasteiger charge is -2.20. The van der Waals surface area contributed by atoms with E-state index in [-0.39, 0.29) is 13.0 Å². The van der Waals surface area contributed by atoms with Crippen LogP contribution in [0.25, 0.3) is 0 Å². The van der Waals surface area contributed by atoms with Crippen molar-refractivity contribution in [2.24, 2.45) is 5.84 Å². The third-order valence-corrected chi connectivity index (χ3v) is 2.83. The zero-order valence-electron chi connectivity index (χ0n) is 11.9. The lowest BCUT2D eigenvalue weighted by atomic mass is 10.0. The van der Waals surface area contributed by atoms with Crippen LogP contribution in [0, 0.1) is 0 Å². The summed E-state index contributed by atoms with van der Waals surface area (Å²) in [6, 6.07) is 4.72. The van der Waals surface area contributed by atoms with Gasteiger partial charge in [-0.1, -0.05) is 0 Å². The van der Waals surface area contributed by atoms with Gasteiger partial charge in [0.2, 0.25) is 0 Å². The lowest BCUT2D eigenvalue weighted by Crippen LogP contribution is -2.30. The molecule has 0 heterocycles. The van der Waals surface area contributed by atoms with Crippen molar-refractivity contribution in [1.82, 2.24) is 5.43 Å². The van der Waals surface area contributed by atoms with Crippen LogP contribution in [0.3, 0.4) is 0 Å². The van der Waals surface area contributed by atoms with E-state index < -0.39 is 18.8 Å². The number of rotatable bonds is 8. The summed E-state index contributed by atoms with van der Waals surface area (Å²) in [5, 5.41) is 0. The molecule has 0 fully saturated rings. The lowest BCUT2D eigenvalue weighted by molar-refractivity contribution is -0.174. The van der Waals surface area contributed by atoms with Crippen LogP contribution in [-0.4, -0.2) is 33.6 Å². The summed E-state index contributed by atoms with van der Waals surface area (Å²) in [6.07, 6.45) is -4.07. The molecule has 0 bridgehead atoms. The second-order valence-corrected chi connectivity index (χ2v) is 4.28. The second kappa shape index (κ2) is 8.06. The smallest absolute Gasteiger partial charge is 0.411 e. The Kier molecular flexibility index (Phi) is 6.73. The zero-order chi connectivity index (χ0) is 15.9. The molecule has 1 aromatic carbocycles.